The van der Waals surface area contributed by atoms with Gasteiger partial charge in [-0.15, -0.1) is 0 Å². The Labute approximate surface area is 242 Å². The van der Waals surface area contributed by atoms with Crippen LogP contribution < -0.4 is 15.8 Å². The molecule has 2 aromatic carbocycles. The Morgan fingerprint density at radius 2 is 1.85 bits per heavy atom. The van der Waals surface area contributed by atoms with Crippen molar-refractivity contribution in [3.8, 4) is 0 Å². The van der Waals surface area contributed by atoms with Gasteiger partial charge in [-0.25, -0.2) is 13.2 Å². The number of hydrogen-bond acceptors (Lipinski definition) is 6. The maximum absolute atomic E-state index is 13.2. The van der Waals surface area contributed by atoms with Crippen LogP contribution in [-0.2, 0) is 19.6 Å². The number of nitrogens with two attached hydrogens (primary N) is 1. The number of benzene rings is 2. The summed E-state index contributed by atoms with van der Waals surface area (Å²) in [5.74, 6) is -2.41. The summed E-state index contributed by atoms with van der Waals surface area (Å²) in [7, 11) is -4.06. The lowest BCUT2D eigenvalue weighted by Gasteiger charge is -2.30. The molecular formula is C28H30ClN5O6S. The fourth-order valence-corrected chi connectivity index (χ4v) is 6.38. The van der Waals surface area contributed by atoms with Gasteiger partial charge in [-0.3, -0.25) is 19.2 Å². The Balaban J connectivity index is 1.90. The molecule has 1 aliphatic rings. The number of sulfonamides is 1. The molecule has 1 aliphatic heterocycles. The van der Waals surface area contributed by atoms with Crippen LogP contribution in [0.2, 0.25) is 5.02 Å². The summed E-state index contributed by atoms with van der Waals surface area (Å²) in [6.07, 6.45) is 0.442. The highest BCUT2D eigenvalue weighted by atomic mass is 35.5. The molecular weight excluding hydrogens is 570 g/mol. The molecule has 1 unspecified atom stereocenters. The van der Waals surface area contributed by atoms with Crippen molar-refractivity contribution < 1.29 is 27.9 Å². The number of aromatic carboxylic acids is 1. The van der Waals surface area contributed by atoms with Gasteiger partial charge in [0.2, 0.25) is 0 Å². The number of rotatable bonds is 10. The number of carboxylic acids is 1. The molecule has 41 heavy (non-hydrogen) atoms. The average Bonchev–Trinajstić information content (AvgIpc) is 3.33. The molecule has 0 bridgehead atoms. The largest absolute Gasteiger partial charge is 0.478 e. The number of likely N-dealkylation sites (N-methyl/N-ethyl adjacent to an activating group) is 1. The smallest absolute Gasteiger partial charge is 0.337 e. The number of nitrogens with one attached hydrogen (secondary N) is 2. The number of aromatic nitrogens is 1. The Morgan fingerprint density at radius 1 is 1.17 bits per heavy atom. The average molecular weight is 600 g/mol. The molecule has 11 nitrogen and oxygen atoms in total. The summed E-state index contributed by atoms with van der Waals surface area (Å²) in [5.41, 5.74) is 7.74. The molecule has 0 spiro atoms. The Hall–Kier alpha value is -4.13. The van der Waals surface area contributed by atoms with Gasteiger partial charge < -0.3 is 20.7 Å². The summed E-state index contributed by atoms with van der Waals surface area (Å²) in [6, 6.07) is 10.4. The molecule has 0 fully saturated rings. The lowest BCUT2D eigenvalue weighted by molar-refractivity contribution is -0.126. The van der Waals surface area contributed by atoms with Crippen molar-refractivity contribution in [2.45, 2.75) is 38.8 Å². The number of amides is 2. The number of halogens is 1. The first-order valence-corrected chi connectivity index (χ1v) is 14.6. The minimum absolute atomic E-state index is 0.0177. The van der Waals surface area contributed by atoms with Crippen molar-refractivity contribution >= 4 is 62.4 Å². The second kappa shape index (κ2) is 11.4. The molecule has 0 saturated carbocycles. The number of carbonyl (C=O) groups excluding carboxylic acids is 2. The van der Waals surface area contributed by atoms with Crippen LogP contribution in [-0.4, -0.2) is 53.9 Å². The first-order chi connectivity index (χ1) is 19.3. The third-order valence-electron chi connectivity index (χ3n) is 7.06. The number of primary amides is 1. The van der Waals surface area contributed by atoms with E-state index < -0.39 is 34.0 Å². The van der Waals surface area contributed by atoms with Gasteiger partial charge in [0.15, 0.2) is 6.17 Å². The van der Waals surface area contributed by atoms with E-state index in [0.717, 1.165) is 0 Å². The zero-order valence-electron chi connectivity index (χ0n) is 22.9. The van der Waals surface area contributed by atoms with Crippen LogP contribution >= 0.6 is 11.6 Å². The van der Waals surface area contributed by atoms with E-state index in [-0.39, 0.29) is 21.7 Å². The van der Waals surface area contributed by atoms with Crippen molar-refractivity contribution in [1.29, 1.82) is 0 Å². The van der Waals surface area contributed by atoms with Gasteiger partial charge in [-0.05, 0) is 75.0 Å². The number of nitrogens with zero attached hydrogens (tertiary/aromatic N) is 2. The molecule has 2 heterocycles. The minimum atomic E-state index is -4.06. The van der Waals surface area contributed by atoms with E-state index in [1.165, 1.54) is 34.9 Å². The summed E-state index contributed by atoms with van der Waals surface area (Å²) in [5, 5.41) is 13.0. The Kier molecular flexibility index (Phi) is 8.29. The standard InChI is InChI=1S/C28H30ClN5O6S/c1-5-33(6-2)27(25(30)35)34-16(4)24(28(37)38)15(3)23(34)14-21-20-13-19(10-11-22(20)31-26(21)36)41(39,40)32-18-9-7-8-17(29)12-18/h7-14,27,32H,5-6H2,1-4H3,(H2,30,35)(H,31,36)(H,37,38). The zero-order chi connectivity index (χ0) is 30.2. The highest BCUT2D eigenvalue weighted by Gasteiger charge is 2.33. The summed E-state index contributed by atoms with van der Waals surface area (Å²) >= 11 is 5.99. The number of carboxylic acid groups (broad SMARTS) is 1. The van der Waals surface area contributed by atoms with E-state index in [1.807, 2.05) is 13.8 Å². The van der Waals surface area contributed by atoms with E-state index in [1.54, 1.807) is 36.9 Å². The molecule has 1 aromatic heterocycles. The van der Waals surface area contributed by atoms with Crippen molar-refractivity contribution in [2.75, 3.05) is 23.1 Å². The van der Waals surface area contributed by atoms with E-state index >= 15 is 0 Å². The molecule has 0 radical (unpaired) electrons. The molecule has 1 atom stereocenters. The van der Waals surface area contributed by atoms with Crippen molar-refractivity contribution in [3.63, 3.8) is 0 Å². The fourth-order valence-electron chi connectivity index (χ4n) is 5.11. The van der Waals surface area contributed by atoms with E-state index in [9.17, 15) is 27.9 Å². The van der Waals surface area contributed by atoms with Gasteiger partial charge in [0.25, 0.3) is 21.8 Å². The van der Waals surface area contributed by atoms with Gasteiger partial charge in [0, 0.05) is 27.7 Å². The monoisotopic (exact) mass is 599 g/mol. The number of anilines is 2. The third kappa shape index (κ3) is 5.58. The molecule has 216 valence electrons. The molecule has 3 aromatic rings. The molecule has 5 N–H and O–H groups in total. The number of fused-ring (bicyclic) bond motifs is 1. The minimum Gasteiger partial charge on any atom is -0.478 e. The van der Waals surface area contributed by atoms with Crippen LogP contribution in [0, 0.1) is 13.8 Å². The molecule has 0 saturated heterocycles. The molecule has 0 aliphatic carbocycles. The lowest BCUT2D eigenvalue weighted by atomic mass is 10.0. The van der Waals surface area contributed by atoms with Gasteiger partial charge in [0.1, 0.15) is 0 Å². The van der Waals surface area contributed by atoms with Crippen molar-refractivity contribution in [2.24, 2.45) is 5.73 Å². The van der Waals surface area contributed by atoms with Crippen LogP contribution in [0.25, 0.3) is 11.6 Å². The summed E-state index contributed by atoms with van der Waals surface area (Å²) in [4.78, 5) is 39.7. The maximum atomic E-state index is 13.2. The molecule has 4 rings (SSSR count). The van der Waals surface area contributed by atoms with Crippen LogP contribution in [0.3, 0.4) is 0 Å². The predicted octanol–water partition coefficient (Wildman–Crippen LogP) is 4.08. The van der Waals surface area contributed by atoms with Gasteiger partial charge in [-0.1, -0.05) is 31.5 Å². The van der Waals surface area contributed by atoms with E-state index in [0.29, 0.717) is 46.3 Å². The molecule has 2 amide bonds. The van der Waals surface area contributed by atoms with E-state index in [2.05, 4.69) is 10.0 Å². The summed E-state index contributed by atoms with van der Waals surface area (Å²) in [6.45, 7) is 7.76. The summed E-state index contributed by atoms with van der Waals surface area (Å²) < 4.78 is 30.4. The first-order valence-electron chi connectivity index (χ1n) is 12.7. The van der Waals surface area contributed by atoms with Gasteiger partial charge in [-0.2, -0.15) is 0 Å². The Morgan fingerprint density at radius 3 is 2.44 bits per heavy atom. The SMILES string of the molecule is CCN(CC)C(C(N)=O)n1c(C)c(C(=O)O)c(C)c1C=C1C(=O)Nc2ccc(S(=O)(=O)Nc3cccc(Cl)c3)cc21. The number of hydrogen-bond donors (Lipinski definition) is 4. The third-order valence-corrected chi connectivity index (χ3v) is 8.67. The van der Waals surface area contributed by atoms with Crippen LogP contribution in [0.4, 0.5) is 11.4 Å². The predicted molar refractivity (Wildman–Crippen MR) is 157 cm³/mol. The number of carbonyl (C=O) groups is 3. The van der Waals surface area contributed by atoms with Gasteiger partial charge in [0.05, 0.1) is 21.7 Å². The van der Waals surface area contributed by atoms with E-state index in [4.69, 9.17) is 17.3 Å². The van der Waals surface area contributed by atoms with Crippen molar-refractivity contribution in [3.05, 3.63) is 75.6 Å². The second-order valence-electron chi connectivity index (χ2n) is 9.48. The Bertz CT molecular complexity index is 1710. The lowest BCUT2D eigenvalue weighted by Crippen LogP contribution is -2.42. The fraction of sp³-hybridized carbons (Fsp3) is 0.250. The molecule has 13 heteroatoms. The van der Waals surface area contributed by atoms with Gasteiger partial charge >= 0.3 is 5.97 Å². The second-order valence-corrected chi connectivity index (χ2v) is 11.6. The topological polar surface area (TPSA) is 164 Å². The highest BCUT2D eigenvalue weighted by Crippen LogP contribution is 2.38. The normalized spacial score (nSPS) is 14.7. The van der Waals surface area contributed by atoms with Crippen LogP contribution in [0.15, 0.2) is 47.4 Å². The van der Waals surface area contributed by atoms with Crippen LogP contribution in [0.1, 0.15) is 52.9 Å². The van der Waals surface area contributed by atoms with Crippen LogP contribution in [0.5, 0.6) is 0 Å². The quantitative estimate of drug-likeness (QED) is 0.255. The first kappa shape index (κ1) is 29.8. The highest BCUT2D eigenvalue weighted by molar-refractivity contribution is 7.92. The van der Waals surface area contributed by atoms with Crippen molar-refractivity contribution in [1.82, 2.24) is 9.47 Å². The maximum Gasteiger partial charge on any atom is 0.337 e. The zero-order valence-corrected chi connectivity index (χ0v) is 24.4.